The summed E-state index contributed by atoms with van der Waals surface area (Å²) in [5.74, 6) is -13.3. The summed E-state index contributed by atoms with van der Waals surface area (Å²) >= 11 is 0. The summed E-state index contributed by atoms with van der Waals surface area (Å²) < 4.78 is 0. The van der Waals surface area contributed by atoms with Crippen molar-refractivity contribution in [3.63, 3.8) is 0 Å². The monoisotopic (exact) mass is 979 g/mol. The number of carboxylic acids is 2. The van der Waals surface area contributed by atoms with Gasteiger partial charge in [0, 0.05) is 24.6 Å². The van der Waals surface area contributed by atoms with Crippen LogP contribution in [0.5, 0.6) is 0 Å². The molecule has 0 aromatic rings. The van der Waals surface area contributed by atoms with Gasteiger partial charge in [0.05, 0.1) is 38.8 Å². The molecule has 2 fully saturated rings. The molecule has 2 aliphatic heterocycles. The van der Waals surface area contributed by atoms with Gasteiger partial charge in [-0.25, -0.2) is 4.79 Å². The Morgan fingerprint density at radius 3 is 1.85 bits per heavy atom. The Morgan fingerprint density at radius 2 is 1.26 bits per heavy atom. The predicted molar refractivity (Wildman–Crippen MR) is 231 cm³/mol. The van der Waals surface area contributed by atoms with Crippen molar-refractivity contribution in [2.75, 3.05) is 51.0 Å². The fourth-order valence-corrected chi connectivity index (χ4v) is 8.30. The second-order valence-corrected chi connectivity index (χ2v) is 17.2. The normalized spacial score (nSPS) is 27.9. The van der Waals surface area contributed by atoms with E-state index in [0.29, 0.717) is 0 Å². The van der Waals surface area contributed by atoms with Crippen LogP contribution in [0.3, 0.4) is 0 Å². The molecule has 19 N–H and O–H groups in total. The maximum Gasteiger partial charge on any atom is 0.327 e. The maximum atomic E-state index is 13.6. The highest BCUT2D eigenvalue weighted by atomic mass is 33.1. The molecule has 9 atom stereocenters. The first-order valence-electron chi connectivity index (χ1n) is 20.2. The number of hydrogen-bond donors (Lipinski definition) is 16. The van der Waals surface area contributed by atoms with E-state index in [1.165, 1.54) is 6.92 Å². The SMILES string of the molecule is C[C@@H]1NC(=O)[C@@H]2CCCN2C(=O)[C@@H](CO)NC(=O)[C@H](CC(=O)O)NC(=O)CNC(=O)[C@H](CCCN=C(N)N)NC(=O)[C@@H](N)CSSC[C@@H](C(=O)O)NC(=O)[C@H](CO)NC(=O)[C@H](CO)NC1=O. The molecule has 0 radical (unpaired) electrons. The third kappa shape index (κ3) is 18.5. The number of carbonyl (C=O) groups is 11. The van der Waals surface area contributed by atoms with E-state index in [9.17, 15) is 78.3 Å². The van der Waals surface area contributed by atoms with Gasteiger partial charge in [-0.1, -0.05) is 21.6 Å². The number of hydrogen-bond acceptors (Lipinski definition) is 18. The molecular weight excluding hydrogens is 923 g/mol. The lowest BCUT2D eigenvalue weighted by atomic mass is 10.1. The summed E-state index contributed by atoms with van der Waals surface area (Å²) in [6, 6.07) is -14.2. The van der Waals surface area contributed by atoms with Gasteiger partial charge in [-0.2, -0.15) is 0 Å². The van der Waals surface area contributed by atoms with Gasteiger partial charge in [0.1, 0.15) is 48.3 Å². The largest absolute Gasteiger partial charge is 0.481 e. The van der Waals surface area contributed by atoms with Crippen LogP contribution in [0, 0.1) is 0 Å². The molecule has 0 spiro atoms. The van der Waals surface area contributed by atoms with Gasteiger partial charge in [-0.3, -0.25) is 52.9 Å². The molecule has 31 heteroatoms. The summed E-state index contributed by atoms with van der Waals surface area (Å²) in [5.41, 5.74) is 16.7. The van der Waals surface area contributed by atoms with Gasteiger partial charge in [0.25, 0.3) is 0 Å². The van der Waals surface area contributed by atoms with Crippen molar-refractivity contribution in [2.45, 2.75) is 93.4 Å². The van der Waals surface area contributed by atoms with Gasteiger partial charge >= 0.3 is 11.9 Å². The number of rotatable bonds is 10. The quantitative estimate of drug-likeness (QED) is 0.0418. The molecule has 2 aliphatic rings. The fourth-order valence-electron chi connectivity index (χ4n) is 6.02. The third-order valence-corrected chi connectivity index (χ3v) is 12.0. The number of aliphatic carboxylic acids is 2. The summed E-state index contributed by atoms with van der Waals surface area (Å²) in [7, 11) is 1.76. The van der Waals surface area contributed by atoms with E-state index < -0.39 is 152 Å². The van der Waals surface area contributed by atoms with Crippen molar-refractivity contribution in [3.05, 3.63) is 0 Å². The van der Waals surface area contributed by atoms with Crippen LogP contribution in [0.1, 0.15) is 39.0 Å². The summed E-state index contributed by atoms with van der Waals surface area (Å²) in [6.45, 7) is -2.89. The molecule has 29 nitrogen and oxygen atoms in total. The van der Waals surface area contributed by atoms with Crippen LogP contribution in [-0.2, 0) is 52.7 Å². The van der Waals surface area contributed by atoms with E-state index in [4.69, 9.17) is 17.2 Å². The number of amides is 9. The fraction of sp³-hybridized carbons (Fsp3) is 0.657. The minimum Gasteiger partial charge on any atom is -0.481 e. The lowest BCUT2D eigenvalue weighted by molar-refractivity contribution is -0.144. The highest BCUT2D eigenvalue weighted by molar-refractivity contribution is 8.76. The van der Waals surface area contributed by atoms with Gasteiger partial charge in [-0.15, -0.1) is 0 Å². The van der Waals surface area contributed by atoms with E-state index in [2.05, 4.69) is 47.5 Å². The Labute approximate surface area is 384 Å². The van der Waals surface area contributed by atoms with Crippen LogP contribution in [0.15, 0.2) is 4.99 Å². The molecule has 2 saturated heterocycles. The van der Waals surface area contributed by atoms with Crippen LogP contribution in [0.4, 0.5) is 0 Å². The number of aliphatic imine (C=N–C) groups is 1. The first-order valence-corrected chi connectivity index (χ1v) is 22.6. The molecule has 2 rings (SSSR count). The summed E-state index contributed by atoms with van der Waals surface area (Å²) in [5, 5.41) is 66.8. The second-order valence-electron chi connectivity index (χ2n) is 14.7. The number of fused-ring (bicyclic) bond motifs is 1. The zero-order chi connectivity index (χ0) is 49.7. The number of carboxylic acid groups (broad SMARTS) is 2. The molecule has 0 unspecified atom stereocenters. The topological polar surface area (TPSA) is 479 Å². The summed E-state index contributed by atoms with van der Waals surface area (Å²) in [4.78, 5) is 147. The average molecular weight is 980 g/mol. The minimum absolute atomic E-state index is 0.0171. The van der Waals surface area contributed by atoms with Crippen molar-refractivity contribution in [1.29, 1.82) is 0 Å². The van der Waals surface area contributed by atoms with Gasteiger partial charge in [0.2, 0.25) is 53.2 Å². The lowest BCUT2D eigenvalue weighted by Gasteiger charge is -2.29. The molecule has 0 saturated carbocycles. The number of aliphatic hydroxyl groups excluding tert-OH is 3. The lowest BCUT2D eigenvalue weighted by Crippen LogP contribution is -2.60. The Hall–Kier alpha value is -6.02. The molecule has 66 heavy (non-hydrogen) atoms. The molecule has 9 amide bonds. The minimum atomic E-state index is -1.87. The molecule has 0 aliphatic carbocycles. The van der Waals surface area contributed by atoms with Crippen molar-refractivity contribution in [2.24, 2.45) is 22.2 Å². The van der Waals surface area contributed by atoms with Crippen LogP contribution in [0.2, 0.25) is 0 Å². The smallest absolute Gasteiger partial charge is 0.327 e. The van der Waals surface area contributed by atoms with E-state index in [-0.39, 0.29) is 56.2 Å². The first-order chi connectivity index (χ1) is 31.1. The van der Waals surface area contributed by atoms with Gasteiger partial charge < -0.3 is 90.2 Å². The van der Waals surface area contributed by atoms with Crippen molar-refractivity contribution < 1.29 is 78.3 Å². The predicted octanol–water partition coefficient (Wildman–Crippen LogP) is -9.18. The molecule has 0 aromatic heterocycles. The van der Waals surface area contributed by atoms with Crippen LogP contribution in [-0.4, -0.2) is 207 Å². The van der Waals surface area contributed by atoms with E-state index in [0.717, 1.165) is 26.5 Å². The number of guanidine groups is 1. The van der Waals surface area contributed by atoms with Gasteiger partial charge in [-0.05, 0) is 32.6 Å². The van der Waals surface area contributed by atoms with E-state index in [1.807, 2.05) is 0 Å². The van der Waals surface area contributed by atoms with Crippen molar-refractivity contribution in [3.8, 4) is 0 Å². The van der Waals surface area contributed by atoms with E-state index >= 15 is 0 Å². The standard InChI is InChI=1S/C35H57N13O16S2/c1-15-26(55)44-19(10-49)30(59)45-20(11-50)31(60)47-22(34(63)64)14-66-65-13-16(36)27(56)43-17(4-2-6-39-35(37)38)28(57)40-9-24(52)42-18(8-25(53)54)29(58)46-21(12-51)33(62)48-7-3-5-23(48)32(61)41-15/h15-23,49-51H,2-14,36H2,1H3,(H,40,57)(H,41,61)(H,42,52)(H,43,56)(H,44,55)(H,45,59)(H,46,58)(H,47,60)(H,53,54)(H,63,64)(H4,37,38,39)/t15-,16-,17-,18-,19-,20-,21+,22-,23-/m0/s1. The maximum absolute atomic E-state index is 13.6. The zero-order valence-electron chi connectivity index (χ0n) is 35.6. The van der Waals surface area contributed by atoms with Gasteiger partial charge in [0.15, 0.2) is 5.96 Å². The number of nitrogens with zero attached hydrogens (tertiary/aromatic N) is 2. The zero-order valence-corrected chi connectivity index (χ0v) is 37.2. The van der Waals surface area contributed by atoms with E-state index in [1.54, 1.807) is 0 Å². The highest BCUT2D eigenvalue weighted by Crippen LogP contribution is 2.23. The molecule has 0 bridgehead atoms. The first kappa shape index (κ1) is 56.1. The number of nitrogens with one attached hydrogen (secondary N) is 8. The third-order valence-electron chi connectivity index (χ3n) is 9.57. The van der Waals surface area contributed by atoms with Crippen LogP contribution >= 0.6 is 21.6 Å². The Bertz CT molecular complexity index is 1830. The number of nitrogens with two attached hydrogens (primary N) is 3. The molecular formula is C35H57N13O16S2. The number of aliphatic hydroxyl groups is 3. The summed E-state index contributed by atoms with van der Waals surface area (Å²) in [6.07, 6.45) is -0.727. The van der Waals surface area contributed by atoms with Crippen molar-refractivity contribution >= 4 is 92.7 Å². The second kappa shape index (κ2) is 28.1. The Balaban J connectivity index is 2.43. The van der Waals surface area contributed by atoms with Crippen molar-refractivity contribution in [1.82, 2.24) is 47.4 Å². The Kier molecular flexibility index (Phi) is 23.9. The van der Waals surface area contributed by atoms with Crippen LogP contribution in [0.25, 0.3) is 0 Å². The highest BCUT2D eigenvalue weighted by Gasteiger charge is 2.40. The Morgan fingerprint density at radius 1 is 0.697 bits per heavy atom. The molecule has 0 aromatic carbocycles. The number of carbonyl (C=O) groups excluding carboxylic acids is 9. The molecule has 2 heterocycles. The molecule has 370 valence electrons. The average Bonchev–Trinajstić information content (AvgIpc) is 3.76. The van der Waals surface area contributed by atoms with Crippen LogP contribution < -0.4 is 59.7 Å².